The first-order valence-corrected chi connectivity index (χ1v) is 10.2. The van der Waals surface area contributed by atoms with Gasteiger partial charge in [0.1, 0.15) is 0 Å². The Bertz CT molecular complexity index is 911. The number of carbonyl (C=O) groups excluding carboxylic acids is 1. The number of rotatable bonds is 5. The van der Waals surface area contributed by atoms with Crippen molar-refractivity contribution in [3.63, 3.8) is 0 Å². The summed E-state index contributed by atoms with van der Waals surface area (Å²) in [7, 11) is 0. The molecule has 0 radical (unpaired) electrons. The molecule has 1 saturated carbocycles. The molecule has 7 nitrogen and oxygen atoms in total. The van der Waals surface area contributed by atoms with Crippen molar-refractivity contribution in [1.82, 2.24) is 19.8 Å². The minimum absolute atomic E-state index is 0.0546. The van der Waals surface area contributed by atoms with Crippen molar-refractivity contribution in [3.05, 3.63) is 53.6 Å². The van der Waals surface area contributed by atoms with Gasteiger partial charge in [0.05, 0.1) is 17.8 Å². The third-order valence-electron chi connectivity index (χ3n) is 6.63. The van der Waals surface area contributed by atoms with Crippen LogP contribution in [0.5, 0.6) is 0 Å². The van der Waals surface area contributed by atoms with E-state index < -0.39 is 11.4 Å². The van der Waals surface area contributed by atoms with Crippen LogP contribution in [0.25, 0.3) is 0 Å². The van der Waals surface area contributed by atoms with E-state index in [1.165, 1.54) is 5.56 Å². The maximum absolute atomic E-state index is 13.1. The van der Waals surface area contributed by atoms with E-state index in [4.69, 9.17) is 0 Å². The van der Waals surface area contributed by atoms with Gasteiger partial charge in [0.15, 0.2) is 0 Å². The second kappa shape index (κ2) is 7.54. The first-order valence-electron chi connectivity index (χ1n) is 10.2. The minimum Gasteiger partial charge on any atom is -0.481 e. The molecule has 29 heavy (non-hydrogen) atoms. The van der Waals surface area contributed by atoms with Crippen molar-refractivity contribution in [1.29, 1.82) is 0 Å². The Kier molecular flexibility index (Phi) is 5.06. The molecule has 7 heteroatoms. The van der Waals surface area contributed by atoms with Gasteiger partial charge in [-0.1, -0.05) is 30.2 Å². The first-order chi connectivity index (χ1) is 13.9. The predicted octanol–water partition coefficient (Wildman–Crippen LogP) is 3.14. The number of carboxylic acid groups (broad SMARTS) is 1. The molecule has 1 aliphatic carbocycles. The monoisotopic (exact) mass is 396 g/mol. The van der Waals surface area contributed by atoms with Crippen molar-refractivity contribution in [2.75, 3.05) is 13.1 Å². The number of benzene rings is 1. The van der Waals surface area contributed by atoms with Gasteiger partial charge in [0.25, 0.3) is 0 Å². The quantitative estimate of drug-likeness (QED) is 0.813. The number of fused-ring (bicyclic) bond motifs is 1. The Morgan fingerprint density at radius 3 is 2.86 bits per heavy atom. The average Bonchev–Trinajstić information content (AvgIpc) is 3.37. The van der Waals surface area contributed by atoms with Gasteiger partial charge >= 0.3 is 12.0 Å². The van der Waals surface area contributed by atoms with Crippen molar-refractivity contribution in [2.45, 2.75) is 45.7 Å². The molecule has 3 atom stereocenters. The number of imidazole rings is 1. The number of aryl methyl sites for hydroxylation is 2. The molecule has 0 bridgehead atoms. The maximum atomic E-state index is 13.1. The van der Waals surface area contributed by atoms with E-state index >= 15 is 0 Å². The van der Waals surface area contributed by atoms with E-state index in [2.05, 4.69) is 42.3 Å². The number of urea groups is 1. The summed E-state index contributed by atoms with van der Waals surface area (Å²) in [5.74, 6) is -0.710. The fourth-order valence-corrected chi connectivity index (χ4v) is 5.08. The van der Waals surface area contributed by atoms with Crippen LogP contribution in [0.1, 0.15) is 42.0 Å². The molecule has 4 rings (SSSR count). The maximum Gasteiger partial charge on any atom is 0.317 e. The normalized spacial score (nSPS) is 24.3. The van der Waals surface area contributed by atoms with Crippen LogP contribution in [-0.4, -0.2) is 44.6 Å². The van der Waals surface area contributed by atoms with Crippen LogP contribution in [-0.2, 0) is 11.3 Å². The molecule has 1 aliphatic heterocycles. The molecule has 2 aliphatic rings. The zero-order valence-corrected chi connectivity index (χ0v) is 17.0. The third kappa shape index (κ3) is 3.61. The fourth-order valence-electron chi connectivity index (χ4n) is 5.08. The van der Waals surface area contributed by atoms with Crippen LogP contribution in [0.3, 0.4) is 0 Å². The van der Waals surface area contributed by atoms with Gasteiger partial charge in [-0.15, -0.1) is 0 Å². The topological polar surface area (TPSA) is 87.5 Å². The van der Waals surface area contributed by atoms with Crippen molar-refractivity contribution in [2.24, 2.45) is 11.3 Å². The van der Waals surface area contributed by atoms with E-state index in [-0.39, 0.29) is 18.0 Å². The second-order valence-electron chi connectivity index (χ2n) is 8.55. The Morgan fingerprint density at radius 2 is 2.21 bits per heavy atom. The molecule has 1 unspecified atom stereocenters. The van der Waals surface area contributed by atoms with Crippen LogP contribution >= 0.6 is 0 Å². The number of hydrogen-bond donors (Lipinski definition) is 2. The molecule has 2 amide bonds. The Labute approximate surface area is 170 Å². The second-order valence-corrected chi connectivity index (χ2v) is 8.55. The number of amides is 2. The van der Waals surface area contributed by atoms with Crippen molar-refractivity contribution < 1.29 is 14.7 Å². The first kappa shape index (κ1) is 19.5. The number of nitrogens with one attached hydrogen (secondary N) is 1. The minimum atomic E-state index is -0.767. The van der Waals surface area contributed by atoms with Crippen LogP contribution in [0.15, 0.2) is 36.9 Å². The lowest BCUT2D eigenvalue weighted by molar-refractivity contribution is -0.149. The molecule has 2 fully saturated rings. The highest BCUT2D eigenvalue weighted by Gasteiger charge is 2.55. The molecular formula is C22H28N4O3. The van der Waals surface area contributed by atoms with E-state index in [9.17, 15) is 14.7 Å². The van der Waals surface area contributed by atoms with Gasteiger partial charge in [-0.3, -0.25) is 4.79 Å². The fraction of sp³-hybridized carbons (Fsp3) is 0.500. The highest BCUT2D eigenvalue weighted by molar-refractivity contribution is 5.80. The summed E-state index contributed by atoms with van der Waals surface area (Å²) in [6.45, 7) is 5.48. The van der Waals surface area contributed by atoms with Gasteiger partial charge in [0.2, 0.25) is 0 Å². The van der Waals surface area contributed by atoms with Crippen LogP contribution in [0.2, 0.25) is 0 Å². The Hall–Kier alpha value is -2.83. The summed E-state index contributed by atoms with van der Waals surface area (Å²) < 4.78 is 1.95. The molecule has 154 valence electrons. The van der Waals surface area contributed by atoms with E-state index in [0.717, 1.165) is 24.0 Å². The van der Waals surface area contributed by atoms with Crippen LogP contribution in [0.4, 0.5) is 4.79 Å². The molecule has 1 aromatic carbocycles. The molecule has 2 heterocycles. The highest BCUT2D eigenvalue weighted by atomic mass is 16.4. The zero-order valence-electron chi connectivity index (χ0n) is 17.0. The lowest BCUT2D eigenvalue weighted by Crippen LogP contribution is -2.43. The molecule has 2 aromatic rings. The molecular weight excluding hydrogens is 368 g/mol. The summed E-state index contributed by atoms with van der Waals surface area (Å²) in [6, 6.07) is 5.81. The standard InChI is InChI=1S/C22H28N4O3/c1-15-5-6-18(16(2)10-15)19(12-25-9-8-23-14-25)24-21(29)26-11-17-4-3-7-22(17,13-26)20(27)28/h5-6,8-10,14,17,19H,3-4,7,11-13H2,1-2H3,(H,24,29)(H,27,28)/t17-,19?,22+/m0/s1. The van der Waals surface area contributed by atoms with Crippen molar-refractivity contribution >= 4 is 12.0 Å². The largest absolute Gasteiger partial charge is 0.481 e. The Morgan fingerprint density at radius 1 is 1.38 bits per heavy atom. The van der Waals surface area contributed by atoms with Gasteiger partial charge in [-0.05, 0) is 43.7 Å². The lowest BCUT2D eigenvalue weighted by atomic mass is 9.81. The summed E-state index contributed by atoms with van der Waals surface area (Å²) in [5.41, 5.74) is 2.59. The summed E-state index contributed by atoms with van der Waals surface area (Å²) in [5, 5.41) is 13.0. The van der Waals surface area contributed by atoms with Gasteiger partial charge in [0, 0.05) is 32.0 Å². The van der Waals surface area contributed by atoms with E-state index in [1.54, 1.807) is 17.4 Å². The predicted molar refractivity (Wildman–Crippen MR) is 108 cm³/mol. The van der Waals surface area contributed by atoms with Crippen molar-refractivity contribution in [3.8, 4) is 0 Å². The third-order valence-corrected chi connectivity index (χ3v) is 6.63. The number of carboxylic acids is 1. The summed E-state index contributed by atoms with van der Waals surface area (Å²) >= 11 is 0. The number of carbonyl (C=O) groups is 2. The summed E-state index contributed by atoms with van der Waals surface area (Å²) in [6.07, 6.45) is 7.81. The zero-order chi connectivity index (χ0) is 20.6. The molecule has 1 aromatic heterocycles. The van der Waals surface area contributed by atoms with E-state index in [1.807, 2.05) is 10.8 Å². The highest BCUT2D eigenvalue weighted by Crippen LogP contribution is 2.48. The number of hydrogen-bond acceptors (Lipinski definition) is 3. The average molecular weight is 396 g/mol. The number of nitrogens with zero attached hydrogens (tertiary/aromatic N) is 3. The van der Waals surface area contributed by atoms with Gasteiger partial charge in [-0.2, -0.15) is 0 Å². The number of aliphatic carboxylic acids is 1. The Balaban J connectivity index is 1.54. The van der Waals surface area contributed by atoms with Gasteiger partial charge in [-0.25, -0.2) is 9.78 Å². The number of aromatic nitrogens is 2. The lowest BCUT2D eigenvalue weighted by Gasteiger charge is -2.27. The molecule has 0 spiro atoms. The molecule has 2 N–H and O–H groups in total. The van der Waals surface area contributed by atoms with Crippen LogP contribution < -0.4 is 5.32 Å². The summed E-state index contributed by atoms with van der Waals surface area (Å²) in [4.78, 5) is 30.9. The number of likely N-dealkylation sites (tertiary alicyclic amines) is 1. The molecule has 1 saturated heterocycles. The van der Waals surface area contributed by atoms with E-state index in [0.29, 0.717) is 26.1 Å². The van der Waals surface area contributed by atoms with Gasteiger partial charge < -0.3 is 19.9 Å². The smallest absolute Gasteiger partial charge is 0.317 e. The van der Waals surface area contributed by atoms with Crippen LogP contribution in [0, 0.1) is 25.2 Å². The SMILES string of the molecule is Cc1ccc(C(Cn2ccnc2)NC(=O)N2C[C@@H]3CCC[C@@]3(C(=O)O)C2)c(C)c1.